The molecule has 1 aliphatic heterocycles. The van der Waals surface area contributed by atoms with E-state index in [1.807, 2.05) is 18.3 Å². The number of hydrogen-bond acceptors (Lipinski definition) is 3. The second-order valence-corrected chi connectivity index (χ2v) is 8.01. The smallest absolute Gasteiger partial charge is 0.115 e. The van der Waals surface area contributed by atoms with E-state index in [2.05, 4.69) is 71.8 Å². The Morgan fingerprint density at radius 2 is 1.79 bits per heavy atom. The second-order valence-electron chi connectivity index (χ2n) is 8.01. The van der Waals surface area contributed by atoms with Gasteiger partial charge in [0.1, 0.15) is 5.75 Å². The highest BCUT2D eigenvalue weighted by Crippen LogP contribution is 2.49. The zero-order chi connectivity index (χ0) is 19.8. The maximum atomic E-state index is 9.38. The van der Waals surface area contributed by atoms with Crippen LogP contribution in [0.3, 0.4) is 0 Å². The van der Waals surface area contributed by atoms with Crippen LogP contribution in [0.5, 0.6) is 5.75 Å². The van der Waals surface area contributed by atoms with Gasteiger partial charge >= 0.3 is 0 Å². The quantitative estimate of drug-likeness (QED) is 0.415. The number of phenols is 1. The van der Waals surface area contributed by atoms with Crippen LogP contribution < -0.4 is 5.32 Å². The highest BCUT2D eigenvalue weighted by Gasteiger charge is 2.37. The van der Waals surface area contributed by atoms with Gasteiger partial charge in [-0.15, -0.1) is 0 Å². The van der Waals surface area contributed by atoms with Crippen LogP contribution in [-0.4, -0.2) is 11.3 Å². The van der Waals surface area contributed by atoms with Crippen molar-refractivity contribution in [3.05, 3.63) is 101 Å². The van der Waals surface area contributed by atoms with Gasteiger partial charge in [-0.05, 0) is 78.4 Å². The normalized spacial score (nSPS) is 22.3. The fourth-order valence-corrected chi connectivity index (χ4v) is 4.52. The molecule has 3 atom stereocenters. The lowest BCUT2D eigenvalue weighted by Gasteiger charge is -2.37. The summed E-state index contributed by atoms with van der Waals surface area (Å²) in [5.74, 6) is 1.31. The van der Waals surface area contributed by atoms with Crippen molar-refractivity contribution in [1.29, 1.82) is 0 Å². The number of allylic oxidation sites excluding steroid dienone is 2. The molecule has 0 saturated heterocycles. The molecule has 29 heavy (non-hydrogen) atoms. The van der Waals surface area contributed by atoms with E-state index in [1.54, 1.807) is 12.1 Å². The average Bonchev–Trinajstić information content (AvgIpc) is 3.24. The Bertz CT molecular complexity index is 1080. The Morgan fingerprint density at radius 1 is 1.00 bits per heavy atom. The maximum absolute atomic E-state index is 9.38. The monoisotopic (exact) mass is 380 g/mol. The molecule has 0 fully saturated rings. The number of nitrogens with zero attached hydrogens (tertiary/aromatic N) is 1. The summed E-state index contributed by atoms with van der Waals surface area (Å²) < 4.78 is 0. The van der Waals surface area contributed by atoms with Gasteiger partial charge in [0.05, 0.1) is 11.7 Å². The van der Waals surface area contributed by atoms with E-state index in [0.29, 0.717) is 17.9 Å². The number of benzene rings is 3. The van der Waals surface area contributed by atoms with Crippen molar-refractivity contribution in [2.45, 2.75) is 25.3 Å². The highest BCUT2D eigenvalue weighted by atomic mass is 16.3. The number of fused-ring (bicyclic) bond motifs is 3. The summed E-state index contributed by atoms with van der Waals surface area (Å²) >= 11 is 0. The van der Waals surface area contributed by atoms with Gasteiger partial charge in [-0.2, -0.15) is 0 Å². The first kappa shape index (κ1) is 17.7. The lowest BCUT2D eigenvalue weighted by Crippen LogP contribution is -2.29. The summed E-state index contributed by atoms with van der Waals surface area (Å²) in [6.07, 6.45) is 7.64. The van der Waals surface area contributed by atoms with Gasteiger partial charge < -0.3 is 10.4 Å². The van der Waals surface area contributed by atoms with Crippen LogP contribution in [0.15, 0.2) is 83.9 Å². The van der Waals surface area contributed by atoms with E-state index in [9.17, 15) is 5.11 Å². The molecule has 2 N–H and O–H groups in total. The number of aromatic hydroxyl groups is 1. The molecule has 0 radical (unpaired) electrons. The van der Waals surface area contributed by atoms with Gasteiger partial charge in [0.2, 0.25) is 0 Å². The lowest BCUT2D eigenvalue weighted by atomic mass is 9.76. The van der Waals surface area contributed by atoms with E-state index < -0.39 is 0 Å². The van der Waals surface area contributed by atoms with Crippen LogP contribution in [0, 0.1) is 12.8 Å². The molecular formula is C26H24N2O. The molecule has 0 amide bonds. The highest BCUT2D eigenvalue weighted by molar-refractivity contribution is 5.82. The minimum Gasteiger partial charge on any atom is -0.508 e. The van der Waals surface area contributed by atoms with Crippen LogP contribution in [-0.2, 0) is 0 Å². The second kappa shape index (κ2) is 7.25. The standard InChI is InChI=1S/C26H24N2O/c1-17-5-14-25-24(15-17)22-3-2-4-23(22)26(28-25)19-8-10-20(11-9-19)27-16-18-6-12-21(29)13-7-18/h2-3,5-16,22-23,26,28-29H,4H2,1H3/t22-,23+,26-/m1/s1. The molecule has 3 heteroatoms. The minimum atomic E-state index is 0.267. The van der Waals surface area contributed by atoms with Crippen molar-refractivity contribution in [3.63, 3.8) is 0 Å². The molecule has 1 aliphatic carbocycles. The Kier molecular flexibility index (Phi) is 4.44. The molecule has 5 rings (SSSR count). The molecule has 144 valence electrons. The summed E-state index contributed by atoms with van der Waals surface area (Å²) in [6.45, 7) is 2.16. The zero-order valence-corrected chi connectivity index (χ0v) is 16.4. The molecule has 2 aliphatic rings. The van der Waals surface area contributed by atoms with Crippen molar-refractivity contribution in [3.8, 4) is 5.75 Å². The topological polar surface area (TPSA) is 44.6 Å². The van der Waals surface area contributed by atoms with E-state index in [-0.39, 0.29) is 5.75 Å². The molecule has 3 aromatic rings. The van der Waals surface area contributed by atoms with Crippen molar-refractivity contribution in [2.75, 3.05) is 5.32 Å². The SMILES string of the molecule is Cc1ccc2c(c1)[C@@H]1C=CC[C@@H]1[C@@H](c1ccc(N=Cc3ccc(O)cc3)cc1)N2. The van der Waals surface area contributed by atoms with Crippen LogP contribution in [0.4, 0.5) is 11.4 Å². The van der Waals surface area contributed by atoms with Gasteiger partial charge in [-0.25, -0.2) is 0 Å². The summed E-state index contributed by atoms with van der Waals surface area (Å²) in [5, 5.41) is 13.2. The van der Waals surface area contributed by atoms with Gasteiger partial charge in [-0.3, -0.25) is 4.99 Å². The summed E-state index contributed by atoms with van der Waals surface area (Å²) in [7, 11) is 0. The molecule has 3 nitrogen and oxygen atoms in total. The number of aliphatic imine (C=N–C) groups is 1. The third kappa shape index (κ3) is 3.44. The first-order valence-electron chi connectivity index (χ1n) is 10.1. The largest absolute Gasteiger partial charge is 0.508 e. The number of anilines is 1. The Hall–Kier alpha value is -3.33. The predicted molar refractivity (Wildman–Crippen MR) is 119 cm³/mol. The fraction of sp³-hybridized carbons (Fsp3) is 0.192. The lowest BCUT2D eigenvalue weighted by molar-refractivity contribution is 0.425. The number of rotatable bonds is 3. The van der Waals surface area contributed by atoms with E-state index in [0.717, 1.165) is 17.7 Å². The minimum absolute atomic E-state index is 0.267. The molecule has 0 saturated carbocycles. The summed E-state index contributed by atoms with van der Waals surface area (Å²) in [4.78, 5) is 4.57. The third-order valence-corrected chi connectivity index (χ3v) is 6.03. The first-order valence-corrected chi connectivity index (χ1v) is 10.1. The number of nitrogens with one attached hydrogen (secondary N) is 1. The molecule has 0 bridgehead atoms. The Balaban J connectivity index is 1.38. The fourth-order valence-electron chi connectivity index (χ4n) is 4.52. The molecular weight excluding hydrogens is 356 g/mol. The molecule has 0 unspecified atom stereocenters. The number of hydrogen-bond donors (Lipinski definition) is 2. The predicted octanol–water partition coefficient (Wildman–Crippen LogP) is 6.28. The van der Waals surface area contributed by atoms with Gasteiger partial charge in [0.25, 0.3) is 0 Å². The van der Waals surface area contributed by atoms with Crippen LogP contribution >= 0.6 is 0 Å². The van der Waals surface area contributed by atoms with Gasteiger partial charge in [0, 0.05) is 17.8 Å². The van der Waals surface area contributed by atoms with E-state index >= 15 is 0 Å². The van der Waals surface area contributed by atoms with Crippen molar-refractivity contribution in [2.24, 2.45) is 10.9 Å². The summed E-state index contributed by atoms with van der Waals surface area (Å²) in [5.41, 5.74) is 7.19. The summed E-state index contributed by atoms with van der Waals surface area (Å²) in [6, 6.07) is 22.6. The molecule has 3 aromatic carbocycles. The van der Waals surface area contributed by atoms with Gasteiger partial charge in [0.15, 0.2) is 0 Å². The van der Waals surface area contributed by atoms with Crippen LogP contribution in [0.2, 0.25) is 0 Å². The first-order chi connectivity index (χ1) is 14.2. The Labute approximate surface area is 171 Å². The third-order valence-electron chi connectivity index (χ3n) is 6.03. The maximum Gasteiger partial charge on any atom is 0.115 e. The number of phenolic OH excluding ortho intramolecular Hbond substituents is 1. The van der Waals surface area contributed by atoms with E-state index in [4.69, 9.17) is 0 Å². The van der Waals surface area contributed by atoms with Gasteiger partial charge in [-0.1, -0.05) is 42.0 Å². The van der Waals surface area contributed by atoms with Crippen molar-refractivity contribution >= 4 is 17.6 Å². The molecule has 0 aromatic heterocycles. The Morgan fingerprint density at radius 3 is 2.59 bits per heavy atom. The molecule has 1 heterocycles. The zero-order valence-electron chi connectivity index (χ0n) is 16.4. The van der Waals surface area contributed by atoms with Crippen LogP contribution in [0.25, 0.3) is 0 Å². The average molecular weight is 380 g/mol. The van der Waals surface area contributed by atoms with Crippen molar-refractivity contribution < 1.29 is 5.11 Å². The van der Waals surface area contributed by atoms with Crippen LogP contribution in [0.1, 0.15) is 40.6 Å². The molecule has 0 spiro atoms. The van der Waals surface area contributed by atoms with Crippen molar-refractivity contribution in [1.82, 2.24) is 0 Å². The van der Waals surface area contributed by atoms with E-state index in [1.165, 1.54) is 22.4 Å². The number of aryl methyl sites for hydroxylation is 1.